The van der Waals surface area contributed by atoms with Crippen LogP contribution in [0.4, 0.5) is 10.7 Å². The Morgan fingerprint density at radius 2 is 2.00 bits per heavy atom. The second-order valence-electron chi connectivity index (χ2n) is 4.59. The Labute approximate surface area is 111 Å². The number of nitrogens with zero attached hydrogens (tertiary/aromatic N) is 3. The first-order chi connectivity index (χ1) is 8.71. The van der Waals surface area contributed by atoms with Gasteiger partial charge in [0.1, 0.15) is 27.6 Å². The number of hydrogen-bond donors (Lipinski definition) is 1. The molecule has 0 amide bonds. The van der Waals surface area contributed by atoms with Crippen LogP contribution >= 0.6 is 11.3 Å². The Hall–Kier alpha value is -1.72. The molecule has 1 fully saturated rings. The van der Waals surface area contributed by atoms with Crippen LogP contribution in [0.1, 0.15) is 36.6 Å². The van der Waals surface area contributed by atoms with Crippen molar-refractivity contribution in [1.82, 2.24) is 0 Å². The molecule has 18 heavy (non-hydrogen) atoms. The van der Waals surface area contributed by atoms with E-state index < -0.39 is 0 Å². The van der Waals surface area contributed by atoms with Crippen molar-refractivity contribution < 1.29 is 0 Å². The molecule has 0 saturated carbocycles. The summed E-state index contributed by atoms with van der Waals surface area (Å²) in [6.07, 6.45) is 3.52. The van der Waals surface area contributed by atoms with E-state index in [4.69, 9.17) is 11.0 Å². The maximum atomic E-state index is 9.18. The van der Waals surface area contributed by atoms with Crippen LogP contribution in [-0.2, 0) is 0 Å². The molecule has 0 aromatic carbocycles. The molecular weight excluding hydrogens is 244 g/mol. The molecule has 0 unspecified atom stereocenters. The first kappa shape index (κ1) is 12.7. The van der Waals surface area contributed by atoms with Crippen molar-refractivity contribution in [3.8, 4) is 12.1 Å². The van der Waals surface area contributed by atoms with Crippen molar-refractivity contribution in [1.29, 1.82) is 10.5 Å². The number of hydrogen-bond acceptors (Lipinski definition) is 5. The van der Waals surface area contributed by atoms with E-state index in [1.54, 1.807) is 0 Å². The normalized spacial score (nSPS) is 16.3. The van der Waals surface area contributed by atoms with Crippen molar-refractivity contribution in [3.05, 3.63) is 10.4 Å². The molecule has 1 aliphatic rings. The highest BCUT2D eigenvalue weighted by Gasteiger charge is 2.24. The Balaban J connectivity index is 2.25. The fourth-order valence-electron chi connectivity index (χ4n) is 2.39. The van der Waals surface area contributed by atoms with Crippen molar-refractivity contribution in [2.24, 2.45) is 5.92 Å². The topological polar surface area (TPSA) is 76.8 Å². The SMILES string of the molecule is CCC1CCN(c2sc(C#N)c(N)c2C#N)CC1. The van der Waals surface area contributed by atoms with Crippen LogP contribution in [-0.4, -0.2) is 13.1 Å². The molecule has 1 aromatic rings. The van der Waals surface area contributed by atoms with Crippen LogP contribution in [0.3, 0.4) is 0 Å². The molecule has 1 aliphatic heterocycles. The summed E-state index contributed by atoms with van der Waals surface area (Å²) in [5.74, 6) is 0.791. The highest BCUT2D eigenvalue weighted by Crippen LogP contribution is 2.39. The number of anilines is 2. The molecule has 0 spiro atoms. The predicted molar refractivity (Wildman–Crippen MR) is 73.4 cm³/mol. The van der Waals surface area contributed by atoms with Crippen LogP contribution in [0, 0.1) is 28.6 Å². The van der Waals surface area contributed by atoms with Gasteiger partial charge in [0, 0.05) is 13.1 Å². The van der Waals surface area contributed by atoms with Gasteiger partial charge in [0.15, 0.2) is 0 Å². The zero-order chi connectivity index (χ0) is 13.1. The van der Waals surface area contributed by atoms with E-state index in [2.05, 4.69) is 24.0 Å². The molecule has 4 nitrogen and oxygen atoms in total. The third-order valence-electron chi connectivity index (χ3n) is 3.62. The third-order valence-corrected chi connectivity index (χ3v) is 4.79. The number of nitrogens with two attached hydrogens (primary N) is 1. The van der Waals surface area contributed by atoms with Gasteiger partial charge in [0.2, 0.25) is 0 Å². The lowest BCUT2D eigenvalue weighted by Gasteiger charge is -2.32. The highest BCUT2D eigenvalue weighted by molar-refractivity contribution is 7.17. The lowest BCUT2D eigenvalue weighted by molar-refractivity contribution is 0.396. The molecule has 5 heteroatoms. The van der Waals surface area contributed by atoms with E-state index in [1.807, 2.05) is 0 Å². The number of rotatable bonds is 2. The van der Waals surface area contributed by atoms with E-state index in [-0.39, 0.29) is 0 Å². The minimum absolute atomic E-state index is 0.345. The lowest BCUT2D eigenvalue weighted by atomic mass is 9.94. The van der Waals surface area contributed by atoms with E-state index in [0.717, 1.165) is 36.9 Å². The van der Waals surface area contributed by atoms with Crippen molar-refractivity contribution >= 4 is 22.0 Å². The van der Waals surface area contributed by atoms with Crippen molar-refractivity contribution in [3.63, 3.8) is 0 Å². The van der Waals surface area contributed by atoms with Crippen LogP contribution in [0.5, 0.6) is 0 Å². The summed E-state index contributed by atoms with van der Waals surface area (Å²) in [4.78, 5) is 2.66. The minimum Gasteiger partial charge on any atom is -0.396 e. The summed E-state index contributed by atoms with van der Waals surface area (Å²) in [6, 6.07) is 4.20. The van der Waals surface area contributed by atoms with Gasteiger partial charge in [-0.25, -0.2) is 0 Å². The summed E-state index contributed by atoms with van der Waals surface area (Å²) < 4.78 is 0. The van der Waals surface area contributed by atoms with Crippen LogP contribution < -0.4 is 10.6 Å². The monoisotopic (exact) mass is 260 g/mol. The second-order valence-corrected chi connectivity index (χ2v) is 5.59. The second kappa shape index (κ2) is 5.29. The van der Waals surface area contributed by atoms with E-state index in [1.165, 1.54) is 17.8 Å². The Kier molecular flexibility index (Phi) is 3.74. The van der Waals surface area contributed by atoms with Crippen molar-refractivity contribution in [2.45, 2.75) is 26.2 Å². The molecule has 2 N–H and O–H groups in total. The zero-order valence-electron chi connectivity index (χ0n) is 10.4. The molecule has 0 bridgehead atoms. The third kappa shape index (κ3) is 2.14. The van der Waals surface area contributed by atoms with Gasteiger partial charge in [0.25, 0.3) is 0 Å². The summed E-state index contributed by atoms with van der Waals surface area (Å²) in [7, 11) is 0. The Morgan fingerprint density at radius 3 is 2.50 bits per heavy atom. The first-order valence-electron chi connectivity index (χ1n) is 6.18. The number of nitriles is 2. The van der Waals surface area contributed by atoms with Gasteiger partial charge in [-0.3, -0.25) is 0 Å². The van der Waals surface area contributed by atoms with Crippen LogP contribution in [0.2, 0.25) is 0 Å². The standard InChI is InChI=1S/C13H16N4S/c1-2-9-3-5-17(6-4-9)13-10(7-14)12(16)11(8-15)18-13/h9H,2-6,16H2,1H3. The molecule has 0 atom stereocenters. The van der Waals surface area contributed by atoms with E-state index >= 15 is 0 Å². The van der Waals surface area contributed by atoms with Crippen LogP contribution in [0.25, 0.3) is 0 Å². The molecule has 2 rings (SSSR count). The maximum Gasteiger partial charge on any atom is 0.131 e. The Morgan fingerprint density at radius 1 is 1.33 bits per heavy atom. The lowest BCUT2D eigenvalue weighted by Crippen LogP contribution is -2.33. The fourth-order valence-corrected chi connectivity index (χ4v) is 3.41. The van der Waals surface area contributed by atoms with Gasteiger partial charge in [-0.1, -0.05) is 13.3 Å². The molecule has 1 saturated heterocycles. The molecule has 1 aromatic heterocycles. The highest BCUT2D eigenvalue weighted by atomic mass is 32.1. The van der Waals surface area contributed by atoms with Gasteiger partial charge >= 0.3 is 0 Å². The number of nitrogen functional groups attached to an aromatic ring is 1. The summed E-state index contributed by atoms with van der Waals surface area (Å²) >= 11 is 1.34. The van der Waals surface area contributed by atoms with Gasteiger partial charge in [-0.2, -0.15) is 10.5 Å². The zero-order valence-corrected chi connectivity index (χ0v) is 11.3. The minimum atomic E-state index is 0.345. The average Bonchev–Trinajstić information content (AvgIpc) is 2.75. The van der Waals surface area contributed by atoms with Crippen molar-refractivity contribution in [2.75, 3.05) is 23.7 Å². The fraction of sp³-hybridized carbons (Fsp3) is 0.538. The van der Waals surface area contributed by atoms with Gasteiger partial charge < -0.3 is 10.6 Å². The number of piperidine rings is 1. The van der Waals surface area contributed by atoms with E-state index in [0.29, 0.717) is 16.1 Å². The molecule has 2 heterocycles. The molecule has 94 valence electrons. The quantitative estimate of drug-likeness (QED) is 0.887. The summed E-state index contributed by atoms with van der Waals surface area (Å²) in [6.45, 7) is 4.13. The van der Waals surface area contributed by atoms with Gasteiger partial charge in [-0.05, 0) is 18.8 Å². The molecular formula is C13H16N4S. The largest absolute Gasteiger partial charge is 0.396 e. The average molecular weight is 260 g/mol. The smallest absolute Gasteiger partial charge is 0.131 e. The molecule has 0 radical (unpaired) electrons. The first-order valence-corrected chi connectivity index (χ1v) is 7.00. The number of thiophene rings is 1. The molecule has 0 aliphatic carbocycles. The maximum absolute atomic E-state index is 9.18. The van der Waals surface area contributed by atoms with E-state index in [9.17, 15) is 5.26 Å². The predicted octanol–water partition coefficient (Wildman–Crippen LogP) is 2.70. The summed E-state index contributed by atoms with van der Waals surface area (Å²) in [5, 5.41) is 19.0. The Bertz CT molecular complexity index is 512. The summed E-state index contributed by atoms with van der Waals surface area (Å²) in [5.41, 5.74) is 6.65. The van der Waals surface area contributed by atoms with Crippen LogP contribution in [0.15, 0.2) is 0 Å². The van der Waals surface area contributed by atoms with Gasteiger partial charge in [-0.15, -0.1) is 11.3 Å². The van der Waals surface area contributed by atoms with Gasteiger partial charge in [0.05, 0.1) is 5.69 Å².